The molecule has 0 atom stereocenters. The molecule has 1 fully saturated rings. The molecular weight excluding hydrogens is 325 g/mol. The first-order chi connectivity index (χ1) is 11.3. The van der Waals surface area contributed by atoms with Crippen molar-refractivity contribution >= 4 is 6.03 Å². The second kappa shape index (κ2) is 6.07. The van der Waals surface area contributed by atoms with Crippen LogP contribution in [0.25, 0.3) is 0 Å². The molecule has 1 aliphatic carbocycles. The summed E-state index contributed by atoms with van der Waals surface area (Å²) in [4.78, 5) is 13.7. The normalized spacial score (nSPS) is 19.8. The van der Waals surface area contributed by atoms with Crippen molar-refractivity contribution in [1.29, 1.82) is 0 Å². The monoisotopic (exact) mass is 344 g/mol. The highest BCUT2D eigenvalue weighted by Crippen LogP contribution is 2.45. The molecule has 2 aliphatic rings. The third-order valence-corrected chi connectivity index (χ3v) is 4.44. The second-order valence-corrected chi connectivity index (χ2v) is 6.10. The molecule has 0 saturated heterocycles. The van der Waals surface area contributed by atoms with Gasteiger partial charge in [0, 0.05) is 13.1 Å². The molecular formula is C16H19F3N2O3. The molecule has 24 heavy (non-hydrogen) atoms. The number of rotatable bonds is 2. The van der Waals surface area contributed by atoms with Crippen LogP contribution in [-0.2, 0) is 0 Å². The molecule has 5 nitrogen and oxygen atoms in total. The zero-order valence-corrected chi connectivity index (χ0v) is 13.2. The van der Waals surface area contributed by atoms with Gasteiger partial charge >= 0.3 is 18.1 Å². The van der Waals surface area contributed by atoms with Gasteiger partial charge in [-0.2, -0.15) is 13.2 Å². The van der Waals surface area contributed by atoms with Crippen LogP contribution in [0.2, 0.25) is 0 Å². The van der Waals surface area contributed by atoms with Crippen LogP contribution in [0.5, 0.6) is 11.5 Å². The van der Waals surface area contributed by atoms with E-state index in [4.69, 9.17) is 9.47 Å². The highest BCUT2D eigenvalue weighted by molar-refractivity contribution is 5.75. The molecule has 1 aromatic carbocycles. The molecule has 3 rings (SSSR count). The molecule has 0 radical (unpaired) electrons. The maximum Gasteiger partial charge on any atom is 0.492 e. The van der Waals surface area contributed by atoms with Gasteiger partial charge in [-0.1, -0.05) is 31.4 Å². The molecule has 0 bridgehead atoms. The summed E-state index contributed by atoms with van der Waals surface area (Å²) in [6.07, 6.45) is -0.360. The molecule has 1 heterocycles. The fourth-order valence-electron chi connectivity index (χ4n) is 3.05. The summed E-state index contributed by atoms with van der Waals surface area (Å²) in [5.74, 6) is -3.32. The summed E-state index contributed by atoms with van der Waals surface area (Å²) in [7, 11) is 1.50. The molecule has 1 N–H and O–H groups in total. The highest BCUT2D eigenvalue weighted by atomic mass is 19.4. The maximum absolute atomic E-state index is 13.6. The molecule has 8 heteroatoms. The van der Waals surface area contributed by atoms with Crippen LogP contribution in [0.1, 0.15) is 32.1 Å². The van der Waals surface area contributed by atoms with E-state index < -0.39 is 18.1 Å². The lowest BCUT2D eigenvalue weighted by Gasteiger charge is -2.35. The number of carbonyl (C=O) groups excluding carboxylic acids is 1. The Morgan fingerprint density at radius 2 is 1.71 bits per heavy atom. The van der Waals surface area contributed by atoms with Gasteiger partial charge in [-0.15, -0.1) is 0 Å². The number of hydrogen-bond acceptors (Lipinski definition) is 3. The van der Waals surface area contributed by atoms with Gasteiger partial charge in [0.05, 0.1) is 0 Å². The Morgan fingerprint density at radius 1 is 1.17 bits per heavy atom. The Hall–Kier alpha value is -2.12. The lowest BCUT2D eigenvalue weighted by molar-refractivity contribution is -0.318. The topological polar surface area (TPSA) is 50.8 Å². The minimum Gasteiger partial charge on any atom is -0.424 e. The standard InChI is InChI=1S/C16H19F3N2O3/c1-21(11-7-3-2-4-8-11)14(22)20-16(15(17,18)19)23-12-9-5-6-10-13(12)24-16/h5-6,9-11H,2-4,7-8H2,1H3,(H,20,22). The van der Waals surface area contributed by atoms with Crippen molar-refractivity contribution in [1.82, 2.24) is 10.2 Å². The number of ether oxygens (including phenoxy) is 2. The number of carbonyl (C=O) groups is 1. The molecule has 2 amide bonds. The average Bonchev–Trinajstić information content (AvgIpc) is 2.94. The number of alkyl halides is 3. The third kappa shape index (κ3) is 2.97. The van der Waals surface area contributed by atoms with Crippen LogP contribution in [0.15, 0.2) is 24.3 Å². The summed E-state index contributed by atoms with van der Waals surface area (Å²) >= 11 is 0. The van der Waals surface area contributed by atoms with Gasteiger partial charge in [0.25, 0.3) is 0 Å². The molecule has 1 saturated carbocycles. The third-order valence-electron chi connectivity index (χ3n) is 4.44. The molecule has 1 aliphatic heterocycles. The van der Waals surface area contributed by atoms with E-state index in [2.05, 4.69) is 0 Å². The molecule has 0 unspecified atom stereocenters. The molecule has 0 spiro atoms. The lowest BCUT2D eigenvalue weighted by Crippen LogP contribution is -2.67. The molecule has 0 aromatic heterocycles. The van der Waals surface area contributed by atoms with Crippen LogP contribution in [0.4, 0.5) is 18.0 Å². The van der Waals surface area contributed by atoms with Gasteiger partial charge in [0.15, 0.2) is 11.5 Å². The van der Waals surface area contributed by atoms with Crippen LogP contribution in [-0.4, -0.2) is 36.1 Å². The fourth-order valence-corrected chi connectivity index (χ4v) is 3.05. The Kier molecular flexibility index (Phi) is 4.23. The number of nitrogens with zero attached hydrogens (tertiary/aromatic N) is 1. The quantitative estimate of drug-likeness (QED) is 0.891. The van der Waals surface area contributed by atoms with E-state index in [9.17, 15) is 18.0 Å². The predicted octanol–water partition coefficient (Wildman–Crippen LogP) is 3.65. The largest absolute Gasteiger partial charge is 0.492 e. The number of amides is 2. The van der Waals surface area contributed by atoms with E-state index in [0.29, 0.717) is 0 Å². The minimum atomic E-state index is -4.94. The van der Waals surface area contributed by atoms with Crippen molar-refractivity contribution in [2.75, 3.05) is 7.05 Å². The van der Waals surface area contributed by atoms with E-state index in [1.807, 2.05) is 5.32 Å². The van der Waals surface area contributed by atoms with Crippen molar-refractivity contribution in [3.05, 3.63) is 24.3 Å². The van der Waals surface area contributed by atoms with Gasteiger partial charge in [-0.3, -0.25) is 5.32 Å². The van der Waals surface area contributed by atoms with Gasteiger partial charge in [-0.25, -0.2) is 4.79 Å². The van der Waals surface area contributed by atoms with E-state index in [1.165, 1.54) is 36.2 Å². The number of urea groups is 1. The Balaban J connectivity index is 1.78. The summed E-state index contributed by atoms with van der Waals surface area (Å²) < 4.78 is 50.6. The minimum absolute atomic E-state index is 0.0598. The number of halogens is 3. The van der Waals surface area contributed by atoms with Gasteiger partial charge < -0.3 is 14.4 Å². The smallest absolute Gasteiger partial charge is 0.424 e. The van der Waals surface area contributed by atoms with E-state index in [0.717, 1.165) is 32.1 Å². The fraction of sp³-hybridized carbons (Fsp3) is 0.562. The lowest BCUT2D eigenvalue weighted by atomic mass is 9.95. The van der Waals surface area contributed by atoms with Crippen LogP contribution in [0, 0.1) is 0 Å². The number of para-hydroxylation sites is 2. The van der Waals surface area contributed by atoms with Crippen molar-refractivity contribution in [3.63, 3.8) is 0 Å². The van der Waals surface area contributed by atoms with Crippen LogP contribution >= 0.6 is 0 Å². The Bertz CT molecular complexity index is 590. The van der Waals surface area contributed by atoms with Crippen molar-refractivity contribution in [2.24, 2.45) is 0 Å². The highest BCUT2D eigenvalue weighted by Gasteiger charge is 2.66. The van der Waals surface area contributed by atoms with Gasteiger partial charge in [-0.05, 0) is 25.0 Å². The molecule has 1 aromatic rings. The zero-order valence-electron chi connectivity index (χ0n) is 13.2. The summed E-state index contributed by atoms with van der Waals surface area (Å²) in [6.45, 7) is 0. The van der Waals surface area contributed by atoms with Crippen molar-refractivity contribution < 1.29 is 27.4 Å². The van der Waals surface area contributed by atoms with Crippen LogP contribution < -0.4 is 14.8 Å². The van der Waals surface area contributed by atoms with E-state index >= 15 is 0 Å². The first-order valence-corrected chi connectivity index (χ1v) is 7.91. The van der Waals surface area contributed by atoms with Crippen molar-refractivity contribution in [3.8, 4) is 11.5 Å². The summed E-state index contributed by atoms with van der Waals surface area (Å²) in [6, 6.07) is 4.84. The van der Waals surface area contributed by atoms with Gasteiger partial charge in [0.2, 0.25) is 0 Å². The first-order valence-electron chi connectivity index (χ1n) is 7.91. The Labute approximate surface area is 137 Å². The number of fused-ring (bicyclic) bond motifs is 1. The maximum atomic E-state index is 13.6. The number of hydrogen-bond donors (Lipinski definition) is 1. The first kappa shape index (κ1) is 16.7. The second-order valence-electron chi connectivity index (χ2n) is 6.10. The van der Waals surface area contributed by atoms with Gasteiger partial charge in [0.1, 0.15) is 0 Å². The zero-order chi connectivity index (χ0) is 17.4. The Morgan fingerprint density at radius 3 is 2.21 bits per heavy atom. The van der Waals surface area contributed by atoms with E-state index in [-0.39, 0.29) is 17.5 Å². The number of nitrogens with one attached hydrogen (secondary N) is 1. The van der Waals surface area contributed by atoms with Crippen LogP contribution in [0.3, 0.4) is 0 Å². The van der Waals surface area contributed by atoms with Crippen molar-refractivity contribution in [2.45, 2.75) is 50.2 Å². The average molecular weight is 344 g/mol. The number of benzene rings is 1. The summed E-state index contributed by atoms with van der Waals surface area (Å²) in [5.41, 5.74) is 0. The SMILES string of the molecule is CN(C(=O)NC1(C(F)(F)F)Oc2ccccc2O1)C1CCCCC1. The predicted molar refractivity (Wildman–Crippen MR) is 79.7 cm³/mol. The molecule has 132 valence electrons. The van der Waals surface area contributed by atoms with E-state index in [1.54, 1.807) is 0 Å². The summed E-state index contributed by atoms with van der Waals surface area (Å²) in [5, 5.41) is 1.89.